The molecule has 24 heavy (non-hydrogen) atoms. The first kappa shape index (κ1) is 17.6. The van der Waals surface area contributed by atoms with Crippen molar-refractivity contribution in [3.63, 3.8) is 0 Å². The lowest BCUT2D eigenvalue weighted by molar-refractivity contribution is 0.205. The van der Waals surface area contributed by atoms with Gasteiger partial charge in [-0.2, -0.15) is 0 Å². The normalized spacial score (nSPS) is 19.0. The lowest BCUT2D eigenvalue weighted by atomic mass is 10.2. The van der Waals surface area contributed by atoms with E-state index in [1.165, 1.54) is 23.5 Å². The van der Waals surface area contributed by atoms with E-state index in [4.69, 9.17) is 4.42 Å². The molecule has 1 fully saturated rings. The molecular formula is C18H28N4OS. The first-order valence-corrected chi connectivity index (χ1v) is 9.67. The average molecular weight is 349 g/mol. The summed E-state index contributed by atoms with van der Waals surface area (Å²) in [6.45, 7) is 10.6. The summed E-state index contributed by atoms with van der Waals surface area (Å²) in [5, 5.41) is 0. The first-order chi connectivity index (χ1) is 11.5. The maximum absolute atomic E-state index is 5.84. The van der Waals surface area contributed by atoms with Gasteiger partial charge in [-0.05, 0) is 33.4 Å². The summed E-state index contributed by atoms with van der Waals surface area (Å²) in [7, 11) is 2.18. The van der Waals surface area contributed by atoms with Crippen LogP contribution in [0.25, 0.3) is 0 Å². The van der Waals surface area contributed by atoms with E-state index < -0.39 is 0 Å². The minimum absolute atomic E-state index is 0.397. The van der Waals surface area contributed by atoms with Crippen molar-refractivity contribution >= 4 is 11.3 Å². The van der Waals surface area contributed by atoms with Gasteiger partial charge in [-0.1, -0.05) is 13.8 Å². The Kier molecular flexibility index (Phi) is 5.69. The molecule has 0 aliphatic carbocycles. The summed E-state index contributed by atoms with van der Waals surface area (Å²) < 4.78 is 5.84. The zero-order valence-corrected chi connectivity index (χ0v) is 16.0. The number of rotatable bonds is 7. The second kappa shape index (κ2) is 7.76. The molecule has 0 bridgehead atoms. The lowest BCUT2D eigenvalue weighted by Crippen LogP contribution is -2.34. The molecule has 0 amide bonds. The van der Waals surface area contributed by atoms with Crippen LogP contribution in [0.3, 0.4) is 0 Å². The van der Waals surface area contributed by atoms with Crippen LogP contribution in [0.2, 0.25) is 0 Å². The molecule has 1 aliphatic rings. The predicted octanol–water partition coefficient (Wildman–Crippen LogP) is 3.31. The van der Waals surface area contributed by atoms with Crippen molar-refractivity contribution in [2.75, 3.05) is 26.7 Å². The Bertz CT molecular complexity index is 651. The molecule has 0 aromatic carbocycles. The molecule has 0 spiro atoms. The molecule has 0 saturated carbocycles. The van der Waals surface area contributed by atoms with E-state index in [2.05, 4.69) is 47.6 Å². The fourth-order valence-electron chi connectivity index (χ4n) is 3.21. The molecule has 3 heterocycles. The van der Waals surface area contributed by atoms with Gasteiger partial charge in [0.25, 0.3) is 0 Å². The molecular weight excluding hydrogens is 320 g/mol. The maximum Gasteiger partial charge on any atom is 0.208 e. The van der Waals surface area contributed by atoms with Gasteiger partial charge in [0.15, 0.2) is 0 Å². The number of thiazole rings is 1. The molecule has 5 nitrogen and oxygen atoms in total. The second-order valence-corrected chi connectivity index (χ2v) is 8.02. The molecule has 1 saturated heterocycles. The molecule has 1 atom stereocenters. The van der Waals surface area contributed by atoms with Crippen LogP contribution in [-0.2, 0) is 13.0 Å². The Morgan fingerprint density at radius 3 is 2.92 bits per heavy atom. The number of nitrogens with zero attached hydrogens (tertiary/aromatic N) is 4. The summed E-state index contributed by atoms with van der Waals surface area (Å²) >= 11 is 1.78. The monoisotopic (exact) mass is 348 g/mol. The van der Waals surface area contributed by atoms with Crippen LogP contribution in [0.4, 0.5) is 0 Å². The van der Waals surface area contributed by atoms with Gasteiger partial charge in [0.1, 0.15) is 5.76 Å². The van der Waals surface area contributed by atoms with Crippen LogP contribution in [0.15, 0.2) is 16.1 Å². The Balaban J connectivity index is 1.46. The number of likely N-dealkylation sites (tertiary alicyclic amines) is 1. The van der Waals surface area contributed by atoms with E-state index in [1.54, 1.807) is 11.3 Å². The van der Waals surface area contributed by atoms with Crippen LogP contribution in [0.5, 0.6) is 0 Å². The molecule has 0 unspecified atom stereocenters. The number of hydrogen-bond donors (Lipinski definition) is 0. The van der Waals surface area contributed by atoms with Crippen LogP contribution < -0.4 is 0 Å². The molecule has 132 valence electrons. The third kappa shape index (κ3) is 4.23. The zero-order chi connectivity index (χ0) is 17.1. The fourth-order valence-corrected chi connectivity index (χ4v) is 3.98. The van der Waals surface area contributed by atoms with Gasteiger partial charge in [0, 0.05) is 29.9 Å². The summed E-state index contributed by atoms with van der Waals surface area (Å²) in [6, 6.07) is 0.585. The van der Waals surface area contributed by atoms with Gasteiger partial charge in [-0.15, -0.1) is 11.3 Å². The van der Waals surface area contributed by atoms with Crippen molar-refractivity contribution in [2.45, 2.75) is 52.1 Å². The van der Waals surface area contributed by atoms with Gasteiger partial charge >= 0.3 is 0 Å². The zero-order valence-electron chi connectivity index (χ0n) is 15.2. The van der Waals surface area contributed by atoms with Crippen LogP contribution in [0.1, 0.15) is 48.4 Å². The van der Waals surface area contributed by atoms with Gasteiger partial charge in [-0.25, -0.2) is 9.97 Å². The Morgan fingerprint density at radius 2 is 2.25 bits per heavy atom. The third-order valence-corrected chi connectivity index (χ3v) is 5.89. The molecule has 3 rings (SSSR count). The summed E-state index contributed by atoms with van der Waals surface area (Å²) in [6.07, 6.45) is 4.20. The smallest absolute Gasteiger partial charge is 0.208 e. The minimum atomic E-state index is 0.397. The van der Waals surface area contributed by atoms with Crippen molar-refractivity contribution < 1.29 is 4.42 Å². The Labute approximate surface area is 148 Å². The van der Waals surface area contributed by atoms with Crippen molar-refractivity contribution in [3.05, 3.63) is 33.9 Å². The quantitative estimate of drug-likeness (QED) is 0.768. The van der Waals surface area contributed by atoms with Gasteiger partial charge in [0.2, 0.25) is 5.89 Å². The van der Waals surface area contributed by atoms with Crippen LogP contribution in [0, 0.1) is 6.92 Å². The number of aromatic nitrogens is 2. The summed E-state index contributed by atoms with van der Waals surface area (Å²) in [5.74, 6) is 2.21. The highest BCUT2D eigenvalue weighted by atomic mass is 32.1. The van der Waals surface area contributed by atoms with E-state index in [-0.39, 0.29) is 0 Å². The highest BCUT2D eigenvalue weighted by Gasteiger charge is 2.26. The van der Waals surface area contributed by atoms with Crippen molar-refractivity contribution in [2.24, 2.45) is 0 Å². The van der Waals surface area contributed by atoms with E-state index in [0.29, 0.717) is 12.0 Å². The molecule has 0 N–H and O–H groups in total. The van der Waals surface area contributed by atoms with Crippen LogP contribution >= 0.6 is 11.3 Å². The van der Waals surface area contributed by atoms with E-state index >= 15 is 0 Å². The highest BCUT2D eigenvalue weighted by Crippen LogP contribution is 2.20. The SMILES string of the molecule is Cc1ncsc1CCN1CC[C@H](N(C)Cc2ncc(C(C)C)o2)C1. The van der Waals surface area contributed by atoms with Gasteiger partial charge in [-0.3, -0.25) is 4.90 Å². The molecule has 0 radical (unpaired) electrons. The molecule has 1 aliphatic heterocycles. The number of oxazole rings is 1. The van der Waals surface area contributed by atoms with Crippen molar-refractivity contribution in [1.29, 1.82) is 0 Å². The van der Waals surface area contributed by atoms with Gasteiger partial charge < -0.3 is 9.32 Å². The molecule has 6 heteroatoms. The van der Waals surface area contributed by atoms with Crippen molar-refractivity contribution in [3.8, 4) is 0 Å². The topological polar surface area (TPSA) is 45.4 Å². The van der Waals surface area contributed by atoms with Gasteiger partial charge in [0.05, 0.1) is 23.9 Å². The van der Waals surface area contributed by atoms with E-state index in [9.17, 15) is 0 Å². The number of hydrogen-bond acceptors (Lipinski definition) is 6. The molecule has 2 aromatic heterocycles. The maximum atomic E-state index is 5.84. The van der Waals surface area contributed by atoms with E-state index in [1.807, 2.05) is 11.7 Å². The average Bonchev–Trinajstić information content (AvgIpc) is 3.25. The third-order valence-electron chi connectivity index (χ3n) is 4.90. The summed E-state index contributed by atoms with van der Waals surface area (Å²) in [5.41, 5.74) is 3.14. The lowest BCUT2D eigenvalue weighted by Gasteiger charge is -2.23. The first-order valence-electron chi connectivity index (χ1n) is 8.79. The van der Waals surface area contributed by atoms with Crippen molar-refractivity contribution in [1.82, 2.24) is 19.8 Å². The minimum Gasteiger partial charge on any atom is -0.444 e. The Hall–Kier alpha value is -1.24. The second-order valence-electron chi connectivity index (χ2n) is 7.08. The Morgan fingerprint density at radius 1 is 1.42 bits per heavy atom. The van der Waals surface area contributed by atoms with Crippen LogP contribution in [-0.4, -0.2) is 52.5 Å². The number of aryl methyl sites for hydroxylation is 1. The summed E-state index contributed by atoms with van der Waals surface area (Å²) in [4.78, 5) is 15.1. The molecule has 2 aromatic rings. The highest BCUT2D eigenvalue weighted by molar-refractivity contribution is 7.09. The predicted molar refractivity (Wildman–Crippen MR) is 97.5 cm³/mol. The number of likely N-dealkylation sites (N-methyl/N-ethyl adjacent to an activating group) is 1. The van der Waals surface area contributed by atoms with E-state index in [0.717, 1.165) is 37.7 Å². The largest absolute Gasteiger partial charge is 0.444 e. The standard InChI is InChI=1S/C18H28N4OS/c1-13(2)16-9-19-18(23-16)11-21(4)15-5-7-22(10-15)8-6-17-14(3)20-12-24-17/h9,12-13,15H,5-8,10-11H2,1-4H3/t15-/m0/s1. The fraction of sp³-hybridized carbons (Fsp3) is 0.667.